The molecule has 11 heteroatoms. The SMILES string of the molecule is CCOC(=O)/C(C(=O)Nc1ccccc1)=C(\O)c1ccccc1.CCOC(=O)/C(C(=O)Nc1ccccc1)=C(\O)c1ccccc1.[Cu]. The van der Waals surface area contributed by atoms with Crippen LogP contribution in [0.3, 0.4) is 0 Å². The Morgan fingerprint density at radius 3 is 1.06 bits per heavy atom. The Balaban J connectivity index is 0.000000320. The molecule has 4 aromatic carbocycles. The second kappa shape index (κ2) is 19.7. The van der Waals surface area contributed by atoms with E-state index in [1.807, 2.05) is 0 Å². The molecule has 47 heavy (non-hydrogen) atoms. The van der Waals surface area contributed by atoms with E-state index in [1.165, 1.54) is 0 Å². The van der Waals surface area contributed by atoms with Gasteiger partial charge >= 0.3 is 11.9 Å². The monoisotopic (exact) mass is 685 g/mol. The van der Waals surface area contributed by atoms with Gasteiger partial charge in [0.15, 0.2) is 11.1 Å². The van der Waals surface area contributed by atoms with Crippen molar-refractivity contribution >= 4 is 46.6 Å². The normalized spacial score (nSPS) is 11.1. The van der Waals surface area contributed by atoms with E-state index in [9.17, 15) is 29.4 Å². The first-order chi connectivity index (χ1) is 22.3. The van der Waals surface area contributed by atoms with Crippen molar-refractivity contribution in [3.05, 3.63) is 144 Å². The van der Waals surface area contributed by atoms with Gasteiger partial charge in [-0.15, -0.1) is 0 Å². The summed E-state index contributed by atoms with van der Waals surface area (Å²) in [5, 5.41) is 25.8. The number of carbonyl (C=O) groups excluding carboxylic acids is 4. The van der Waals surface area contributed by atoms with Crippen LogP contribution in [-0.2, 0) is 45.7 Å². The first kappa shape index (κ1) is 37.5. The van der Waals surface area contributed by atoms with Gasteiger partial charge in [0.25, 0.3) is 11.8 Å². The number of rotatable bonds is 10. The van der Waals surface area contributed by atoms with Gasteiger partial charge in [0.1, 0.15) is 11.5 Å². The molecular formula is C36H34CuN2O8. The standard InChI is InChI=1S/2C18H17NO4.Cu/c2*1-2-23-18(22)15(16(20)13-9-5-3-6-10-13)17(21)19-14-11-7-4-8-12-14;/h2*3-12,20H,2H2,1H3,(H,19,21);/b2*16-15-;. The number of esters is 2. The van der Waals surface area contributed by atoms with Crippen LogP contribution < -0.4 is 10.6 Å². The van der Waals surface area contributed by atoms with E-state index in [0.29, 0.717) is 22.5 Å². The Kier molecular flexibility index (Phi) is 15.7. The molecule has 0 bridgehead atoms. The molecule has 0 saturated carbocycles. The van der Waals surface area contributed by atoms with Crippen LogP contribution in [0.2, 0.25) is 0 Å². The van der Waals surface area contributed by atoms with Crippen molar-refractivity contribution in [1.29, 1.82) is 0 Å². The van der Waals surface area contributed by atoms with Gasteiger partial charge in [-0.2, -0.15) is 0 Å². The molecule has 10 nitrogen and oxygen atoms in total. The summed E-state index contributed by atoms with van der Waals surface area (Å²) in [6.07, 6.45) is 0. The second-order valence-corrected chi connectivity index (χ2v) is 9.26. The van der Waals surface area contributed by atoms with Crippen molar-refractivity contribution in [2.24, 2.45) is 0 Å². The average molecular weight is 686 g/mol. The first-order valence-corrected chi connectivity index (χ1v) is 14.3. The fraction of sp³-hybridized carbons (Fsp3) is 0.111. The fourth-order valence-corrected chi connectivity index (χ4v) is 3.91. The number of benzene rings is 4. The van der Waals surface area contributed by atoms with Crippen LogP contribution in [0.25, 0.3) is 11.5 Å². The largest absolute Gasteiger partial charge is 0.506 e. The molecular weight excluding hydrogens is 652 g/mol. The number of nitrogens with one attached hydrogen (secondary N) is 2. The number of aliphatic hydroxyl groups excluding tert-OH is 2. The molecule has 0 aliphatic rings. The van der Waals surface area contributed by atoms with Gasteiger partial charge in [-0.3, -0.25) is 9.59 Å². The molecule has 0 unspecified atom stereocenters. The number of hydrogen-bond donors (Lipinski definition) is 4. The number of aliphatic hydroxyl groups is 2. The number of hydrogen-bond acceptors (Lipinski definition) is 8. The van der Waals surface area contributed by atoms with Gasteiger partial charge < -0.3 is 30.3 Å². The molecule has 0 aromatic heterocycles. The van der Waals surface area contributed by atoms with E-state index in [0.717, 1.165) is 0 Å². The predicted molar refractivity (Wildman–Crippen MR) is 175 cm³/mol. The summed E-state index contributed by atoms with van der Waals surface area (Å²) < 4.78 is 9.78. The summed E-state index contributed by atoms with van der Waals surface area (Å²) in [4.78, 5) is 49.0. The van der Waals surface area contributed by atoms with Crippen molar-refractivity contribution in [3.8, 4) is 0 Å². The molecule has 2 amide bonds. The minimum Gasteiger partial charge on any atom is -0.506 e. The third-order valence-electron chi connectivity index (χ3n) is 6.04. The Morgan fingerprint density at radius 1 is 0.511 bits per heavy atom. The van der Waals surface area contributed by atoms with Gasteiger partial charge in [0.2, 0.25) is 0 Å². The van der Waals surface area contributed by atoms with E-state index in [4.69, 9.17) is 9.47 Å². The van der Waals surface area contributed by atoms with Gasteiger partial charge in [-0.1, -0.05) is 97.1 Å². The number of carbonyl (C=O) groups is 4. The maximum Gasteiger partial charge on any atom is 0.347 e. The van der Waals surface area contributed by atoms with Crippen molar-refractivity contribution in [3.63, 3.8) is 0 Å². The topological polar surface area (TPSA) is 151 Å². The van der Waals surface area contributed by atoms with Crippen LogP contribution in [0.4, 0.5) is 11.4 Å². The predicted octanol–water partition coefficient (Wildman–Crippen LogP) is 6.31. The molecule has 0 fully saturated rings. The quantitative estimate of drug-likeness (QED) is 0.0379. The van der Waals surface area contributed by atoms with Gasteiger partial charge in [0, 0.05) is 39.6 Å². The third kappa shape index (κ3) is 11.3. The molecule has 0 heterocycles. The smallest absolute Gasteiger partial charge is 0.347 e. The summed E-state index contributed by atoms with van der Waals surface area (Å²) in [5.74, 6) is -4.04. The molecule has 0 aliphatic heterocycles. The summed E-state index contributed by atoms with van der Waals surface area (Å²) >= 11 is 0. The van der Waals surface area contributed by atoms with Crippen molar-refractivity contribution in [2.45, 2.75) is 13.8 Å². The minimum atomic E-state index is -0.873. The van der Waals surface area contributed by atoms with E-state index in [1.54, 1.807) is 135 Å². The number of ether oxygens (including phenoxy) is 2. The Bertz CT molecular complexity index is 1550. The third-order valence-corrected chi connectivity index (χ3v) is 6.04. The van der Waals surface area contributed by atoms with Crippen LogP contribution in [0.5, 0.6) is 0 Å². The zero-order valence-corrected chi connectivity index (χ0v) is 26.5. The first-order valence-electron chi connectivity index (χ1n) is 14.3. The van der Waals surface area contributed by atoms with E-state index in [-0.39, 0.29) is 30.3 Å². The van der Waals surface area contributed by atoms with Crippen molar-refractivity contribution < 1.29 is 55.9 Å². The second-order valence-electron chi connectivity index (χ2n) is 9.26. The van der Waals surface area contributed by atoms with E-state index < -0.39 is 46.4 Å². The number of amides is 2. The molecule has 0 aliphatic carbocycles. The Labute approximate surface area is 283 Å². The van der Waals surface area contributed by atoms with Crippen LogP contribution in [0.1, 0.15) is 25.0 Å². The molecule has 4 rings (SSSR count). The maximum absolute atomic E-state index is 12.4. The zero-order chi connectivity index (χ0) is 33.3. The Morgan fingerprint density at radius 2 is 0.787 bits per heavy atom. The molecule has 0 saturated heterocycles. The summed E-state index contributed by atoms with van der Waals surface area (Å²) in [5.41, 5.74) is 0.890. The molecule has 247 valence electrons. The molecule has 0 spiro atoms. The van der Waals surface area contributed by atoms with E-state index >= 15 is 0 Å². The number of anilines is 2. The van der Waals surface area contributed by atoms with E-state index in [2.05, 4.69) is 10.6 Å². The van der Waals surface area contributed by atoms with Crippen LogP contribution in [0.15, 0.2) is 132 Å². The summed E-state index contributed by atoms with van der Waals surface area (Å²) in [6, 6.07) is 34.1. The van der Waals surface area contributed by atoms with Crippen molar-refractivity contribution in [1.82, 2.24) is 0 Å². The van der Waals surface area contributed by atoms with Gasteiger partial charge in [-0.05, 0) is 38.1 Å². The maximum atomic E-state index is 12.4. The average Bonchev–Trinajstić information content (AvgIpc) is 3.07. The Hall–Kier alpha value is -5.64. The summed E-state index contributed by atoms with van der Waals surface area (Å²) in [7, 11) is 0. The molecule has 4 N–H and O–H groups in total. The number of para-hydroxylation sites is 2. The van der Waals surface area contributed by atoms with Crippen LogP contribution >= 0.6 is 0 Å². The molecule has 0 atom stereocenters. The van der Waals surface area contributed by atoms with Gasteiger partial charge in [-0.25, -0.2) is 9.59 Å². The minimum absolute atomic E-state index is 0. The van der Waals surface area contributed by atoms with Crippen LogP contribution in [-0.4, -0.2) is 47.2 Å². The molecule has 4 aromatic rings. The summed E-state index contributed by atoms with van der Waals surface area (Å²) in [6.45, 7) is 3.46. The van der Waals surface area contributed by atoms with Crippen molar-refractivity contribution in [2.75, 3.05) is 23.8 Å². The fourth-order valence-electron chi connectivity index (χ4n) is 3.91. The van der Waals surface area contributed by atoms with Gasteiger partial charge in [0.05, 0.1) is 13.2 Å². The molecule has 1 radical (unpaired) electrons. The zero-order valence-electron chi connectivity index (χ0n) is 25.6. The van der Waals surface area contributed by atoms with Crippen LogP contribution in [0, 0.1) is 0 Å².